The van der Waals surface area contributed by atoms with Crippen LogP contribution in [0.1, 0.15) is 96.6 Å². The number of aliphatic hydroxyl groups excluding tert-OH is 1. The maximum Gasteiger partial charge on any atom is 1.00 e. The molecule has 4 heterocycles. The van der Waals surface area contributed by atoms with Crippen LogP contribution in [0.2, 0.25) is 0 Å². The standard InChI is InChI=1S/C31H37NO8.C24H33NO7.Na.H2O/c1-20-14-15-24(38-30(34)21-10-7-6-8-11-21)28-25(39-31(2,3)40-28)13-9-12-22-16-23(36-5)17-26(37-19-35-4)27(22)29(33)32-18-20;1-15-9-10-18(26)22-19(31-24(2,3)32-22)8-6-7-16-11-17(29-5)12-20(30-14-28-4)21(16)23(27)25-13-15;;/h6-12,14-17,20,24-25,28H,13,18-19H2,1-5H3,(H,32,33);6-7,9-12,15,18-19,22,26H,8,13-14H2,1-5H3,(H,25,27);;1H2/q;;+1;/p-1/b12-9+,15-14-;7-6+,10-9-;;/t20-,24?,25+,28-;15-,18?,19+,22-;;/m11../s1. The van der Waals surface area contributed by atoms with E-state index in [-0.39, 0.29) is 78.4 Å². The summed E-state index contributed by atoms with van der Waals surface area (Å²) in [6.07, 6.45) is 12.4. The normalized spacial score (nSPS) is 26.9. The number of carbonyl (C=O) groups is 3. The molecule has 2 fully saturated rings. The summed E-state index contributed by atoms with van der Waals surface area (Å²) in [6.45, 7) is 12.0. The van der Waals surface area contributed by atoms with Crippen molar-refractivity contribution in [3.8, 4) is 23.0 Å². The molecule has 4 aliphatic heterocycles. The number of carbonyl (C=O) groups excluding carboxylic acids is 3. The molecule has 0 aliphatic carbocycles. The van der Waals surface area contributed by atoms with Crippen molar-refractivity contribution in [1.29, 1.82) is 0 Å². The van der Waals surface area contributed by atoms with Gasteiger partial charge in [-0.2, -0.15) is 0 Å². The molecular weight excluding hydrogens is 968 g/mol. The molecule has 0 saturated carbocycles. The summed E-state index contributed by atoms with van der Waals surface area (Å²) in [4.78, 5) is 39.5. The van der Waals surface area contributed by atoms with Crippen LogP contribution in [0.15, 0.2) is 91.1 Å². The van der Waals surface area contributed by atoms with E-state index in [1.54, 1.807) is 68.8 Å². The van der Waals surface area contributed by atoms with Gasteiger partial charge in [-0.25, -0.2) is 4.79 Å². The summed E-state index contributed by atoms with van der Waals surface area (Å²) >= 11 is 0. The zero-order chi connectivity index (χ0) is 52.0. The molecule has 4 aliphatic rings. The first kappa shape index (κ1) is 61.5. The van der Waals surface area contributed by atoms with E-state index in [4.69, 9.17) is 52.1 Å². The number of esters is 1. The summed E-state index contributed by atoms with van der Waals surface area (Å²) in [6, 6.07) is 15.7. The van der Waals surface area contributed by atoms with Gasteiger partial charge in [0.05, 0.1) is 43.1 Å². The van der Waals surface area contributed by atoms with Crippen LogP contribution in [0.4, 0.5) is 0 Å². The average Bonchev–Trinajstić information content (AvgIpc) is 3.85. The largest absolute Gasteiger partial charge is 1.00 e. The Morgan fingerprint density at radius 3 is 1.59 bits per heavy atom. The summed E-state index contributed by atoms with van der Waals surface area (Å²) < 4.78 is 62.9. The van der Waals surface area contributed by atoms with E-state index in [1.807, 2.05) is 90.1 Å². The Hall–Kier alpha value is -5.09. The number of nitrogens with one attached hydrogen (secondary N) is 2. The molecule has 398 valence electrons. The quantitative estimate of drug-likeness (QED) is 0.110. The fourth-order valence-electron chi connectivity index (χ4n) is 8.51. The summed E-state index contributed by atoms with van der Waals surface area (Å²) in [5, 5.41) is 16.6. The molecule has 2 saturated heterocycles. The molecule has 0 radical (unpaired) electrons. The van der Waals surface area contributed by atoms with E-state index >= 15 is 0 Å². The Balaban J connectivity index is 0.000000319. The van der Waals surface area contributed by atoms with E-state index in [0.717, 1.165) is 0 Å². The van der Waals surface area contributed by atoms with E-state index in [1.165, 1.54) is 14.2 Å². The number of ether oxygens (including phenoxy) is 11. The van der Waals surface area contributed by atoms with Gasteiger partial charge in [-0.3, -0.25) is 9.59 Å². The van der Waals surface area contributed by atoms with Gasteiger partial charge in [-0.05, 0) is 93.8 Å². The molecule has 7 rings (SSSR count). The van der Waals surface area contributed by atoms with Gasteiger partial charge in [-0.15, -0.1) is 0 Å². The van der Waals surface area contributed by atoms with Crippen LogP contribution in [0, 0.1) is 11.8 Å². The molecule has 19 heteroatoms. The maximum atomic E-state index is 13.4. The van der Waals surface area contributed by atoms with Crippen molar-refractivity contribution in [2.45, 2.75) is 103 Å². The van der Waals surface area contributed by atoms with Crippen molar-refractivity contribution in [3.05, 3.63) is 119 Å². The molecule has 0 aromatic heterocycles. The predicted molar refractivity (Wildman–Crippen MR) is 271 cm³/mol. The second kappa shape index (κ2) is 28.7. The Morgan fingerprint density at radius 1 is 0.662 bits per heavy atom. The molecule has 74 heavy (non-hydrogen) atoms. The van der Waals surface area contributed by atoms with Gasteiger partial charge in [0, 0.05) is 39.4 Å². The van der Waals surface area contributed by atoms with Crippen molar-refractivity contribution in [2.75, 3.05) is 55.1 Å². The molecule has 4 N–H and O–H groups in total. The van der Waals surface area contributed by atoms with E-state index in [0.29, 0.717) is 76.7 Å². The summed E-state index contributed by atoms with van der Waals surface area (Å²) in [7, 11) is 6.14. The molecule has 2 amide bonds. The van der Waals surface area contributed by atoms with Crippen molar-refractivity contribution < 1.29 is 107 Å². The number of methoxy groups -OCH3 is 4. The molecule has 0 spiro atoms. The van der Waals surface area contributed by atoms with E-state index in [9.17, 15) is 19.5 Å². The minimum absolute atomic E-state index is 0. The second-order valence-corrected chi connectivity index (χ2v) is 18.7. The number of aliphatic hydroxyl groups is 1. The smallest absolute Gasteiger partial charge is 0.870 e. The summed E-state index contributed by atoms with van der Waals surface area (Å²) in [5.41, 5.74) is 2.47. The first-order valence-electron chi connectivity index (χ1n) is 24.0. The molecular formula is C55H71N2NaO16. The van der Waals surface area contributed by atoms with Crippen LogP contribution < -0.4 is 59.1 Å². The number of fused-ring (bicyclic) bond motifs is 4. The van der Waals surface area contributed by atoms with Crippen molar-refractivity contribution >= 4 is 29.9 Å². The van der Waals surface area contributed by atoms with Crippen LogP contribution in [0.5, 0.6) is 23.0 Å². The fraction of sp³-hybridized carbons (Fsp3) is 0.473. The molecule has 3 aromatic carbocycles. The Morgan fingerprint density at radius 2 is 1.12 bits per heavy atom. The number of hydrogen-bond donors (Lipinski definition) is 3. The number of benzene rings is 3. The van der Waals surface area contributed by atoms with Gasteiger partial charge >= 0.3 is 35.5 Å². The molecule has 8 atom stereocenters. The SMILES string of the molecule is COCOc1cc(OC)cc2c1C(=O)NC[C@H](C)/C=C\C(O)[C@H]1OC(C)(C)O[C@H]1C/C=C/2.COCOc1cc(OC)cc2c1C(=O)NC[C@H](C)/C=C\C(OC(=O)c1ccccc1)[C@H]1OC(C)(C)O[C@H]1C/C=C/2.[Na+].[OH-]. The zero-order valence-corrected chi connectivity index (χ0v) is 46.3. The van der Waals surface area contributed by atoms with Gasteiger partial charge in [0.15, 0.2) is 25.2 Å². The Kier molecular flexibility index (Phi) is 23.8. The maximum absolute atomic E-state index is 13.4. The van der Waals surface area contributed by atoms with Gasteiger partial charge in [0.25, 0.3) is 11.8 Å². The monoisotopic (exact) mass is 1040 g/mol. The molecule has 3 aromatic rings. The topological polar surface area (TPSA) is 227 Å². The van der Waals surface area contributed by atoms with Crippen LogP contribution in [0.3, 0.4) is 0 Å². The Labute approximate surface area is 456 Å². The van der Waals surface area contributed by atoms with Crippen LogP contribution in [-0.2, 0) is 33.2 Å². The first-order chi connectivity index (χ1) is 34.4. The van der Waals surface area contributed by atoms with Crippen molar-refractivity contribution in [1.82, 2.24) is 10.6 Å². The number of hydrogen-bond acceptors (Lipinski definition) is 16. The molecule has 2 unspecified atom stereocenters. The molecule has 18 nitrogen and oxygen atoms in total. The fourth-order valence-corrected chi connectivity index (χ4v) is 8.51. The third kappa shape index (κ3) is 17.0. The van der Waals surface area contributed by atoms with Crippen molar-refractivity contribution in [3.63, 3.8) is 0 Å². The van der Waals surface area contributed by atoms with Crippen LogP contribution in [-0.4, -0.2) is 132 Å². The van der Waals surface area contributed by atoms with Gasteiger partial charge < -0.3 is 73.3 Å². The second-order valence-electron chi connectivity index (χ2n) is 18.7. The molecule has 0 bridgehead atoms. The van der Waals surface area contributed by atoms with Crippen molar-refractivity contribution in [2.24, 2.45) is 11.8 Å². The van der Waals surface area contributed by atoms with E-state index in [2.05, 4.69) is 10.6 Å². The van der Waals surface area contributed by atoms with E-state index < -0.39 is 48.1 Å². The minimum Gasteiger partial charge on any atom is -0.870 e. The predicted octanol–water partition coefficient (Wildman–Crippen LogP) is 4.49. The van der Waals surface area contributed by atoms with Gasteiger partial charge in [-0.1, -0.05) is 74.6 Å². The first-order valence-corrected chi connectivity index (χ1v) is 24.0. The van der Waals surface area contributed by atoms with Crippen LogP contribution in [0.25, 0.3) is 12.2 Å². The van der Waals surface area contributed by atoms with Gasteiger partial charge in [0.2, 0.25) is 0 Å². The Bertz CT molecular complexity index is 2440. The minimum atomic E-state index is -0.881. The number of amides is 2. The third-order valence-electron chi connectivity index (χ3n) is 11.9. The summed E-state index contributed by atoms with van der Waals surface area (Å²) in [5.74, 6) is -0.977. The third-order valence-corrected chi connectivity index (χ3v) is 11.9. The average molecular weight is 1040 g/mol. The van der Waals surface area contributed by atoms with Gasteiger partial charge in [0.1, 0.15) is 47.4 Å². The number of rotatable bonds is 10. The zero-order valence-electron chi connectivity index (χ0n) is 44.3. The van der Waals surface area contributed by atoms with Crippen LogP contribution >= 0.6 is 0 Å².